The second-order valence-electron chi connectivity index (χ2n) is 5.18. The molecule has 1 amide bonds. The lowest BCUT2D eigenvalue weighted by atomic mass is 10.0. The van der Waals surface area contributed by atoms with E-state index in [1.807, 2.05) is 66.0 Å². The predicted molar refractivity (Wildman–Crippen MR) is 90.0 cm³/mol. The molecule has 0 bridgehead atoms. The van der Waals surface area contributed by atoms with Crippen LogP contribution in [-0.4, -0.2) is 5.91 Å². The lowest BCUT2D eigenvalue weighted by Gasteiger charge is -2.26. The molecule has 0 fully saturated rings. The maximum absolute atomic E-state index is 12.6. The van der Waals surface area contributed by atoms with Crippen molar-refractivity contribution in [3.63, 3.8) is 0 Å². The van der Waals surface area contributed by atoms with Gasteiger partial charge >= 0.3 is 0 Å². The molecule has 2 aromatic carbocycles. The largest absolute Gasteiger partial charge is 0.353 e. The summed E-state index contributed by atoms with van der Waals surface area (Å²) in [6.45, 7) is 0. The first kappa shape index (κ1) is 13.1. The van der Waals surface area contributed by atoms with E-state index in [2.05, 4.69) is 10.6 Å². The van der Waals surface area contributed by atoms with Crippen molar-refractivity contribution in [2.45, 2.75) is 6.17 Å². The average Bonchev–Trinajstić information content (AvgIpc) is 3.01. The van der Waals surface area contributed by atoms with Gasteiger partial charge in [-0.2, -0.15) is 0 Å². The first-order valence-corrected chi connectivity index (χ1v) is 8.00. The van der Waals surface area contributed by atoms with Crippen LogP contribution >= 0.6 is 11.3 Å². The van der Waals surface area contributed by atoms with Crippen LogP contribution in [0.1, 0.15) is 22.1 Å². The fourth-order valence-corrected chi connectivity index (χ4v) is 3.70. The smallest absolute Gasteiger partial charge is 0.256 e. The van der Waals surface area contributed by atoms with Crippen molar-refractivity contribution in [3.8, 4) is 11.1 Å². The third-order valence-electron chi connectivity index (χ3n) is 3.79. The minimum absolute atomic E-state index is 0.0253. The number of fused-ring (bicyclic) bond motifs is 1. The standard InChI is InChI=1S/C18H14N2OS/c21-17-15-14(12-7-3-1-4-8-12)11-22-18(15)20-16(19-17)13-9-5-2-6-10-13/h1-11,16,20H,(H,19,21). The summed E-state index contributed by atoms with van der Waals surface area (Å²) in [5.41, 5.74) is 3.84. The lowest BCUT2D eigenvalue weighted by molar-refractivity contribution is 0.0937. The molecule has 2 N–H and O–H groups in total. The maximum Gasteiger partial charge on any atom is 0.256 e. The van der Waals surface area contributed by atoms with Gasteiger partial charge in [-0.3, -0.25) is 4.79 Å². The summed E-state index contributed by atoms with van der Waals surface area (Å²) in [5.74, 6) is -0.0253. The Kier molecular flexibility index (Phi) is 3.16. The molecule has 22 heavy (non-hydrogen) atoms. The first-order chi connectivity index (χ1) is 10.8. The van der Waals surface area contributed by atoms with Gasteiger partial charge in [-0.25, -0.2) is 0 Å². The molecule has 3 aromatic rings. The third kappa shape index (κ3) is 2.18. The Morgan fingerprint density at radius 2 is 1.55 bits per heavy atom. The number of hydrogen-bond donors (Lipinski definition) is 2. The van der Waals surface area contributed by atoms with E-state index in [0.29, 0.717) is 0 Å². The van der Waals surface area contributed by atoms with Crippen LogP contribution in [0.2, 0.25) is 0 Å². The van der Waals surface area contributed by atoms with E-state index in [4.69, 9.17) is 0 Å². The van der Waals surface area contributed by atoms with Crippen molar-refractivity contribution >= 4 is 22.2 Å². The zero-order valence-corrected chi connectivity index (χ0v) is 12.6. The van der Waals surface area contributed by atoms with Crippen molar-refractivity contribution < 1.29 is 4.79 Å². The van der Waals surface area contributed by atoms with Gasteiger partial charge in [0.15, 0.2) is 0 Å². The van der Waals surface area contributed by atoms with Crippen LogP contribution in [0, 0.1) is 0 Å². The Hall–Kier alpha value is -2.59. The van der Waals surface area contributed by atoms with E-state index < -0.39 is 0 Å². The number of nitrogens with one attached hydrogen (secondary N) is 2. The Bertz CT molecular complexity index is 812. The minimum Gasteiger partial charge on any atom is -0.353 e. The Labute approximate surface area is 132 Å². The quantitative estimate of drug-likeness (QED) is 0.742. The highest BCUT2D eigenvalue weighted by Crippen LogP contribution is 2.39. The van der Waals surface area contributed by atoms with Gasteiger partial charge in [-0.15, -0.1) is 11.3 Å². The van der Waals surface area contributed by atoms with Crippen LogP contribution < -0.4 is 10.6 Å². The van der Waals surface area contributed by atoms with Gasteiger partial charge in [0.1, 0.15) is 11.2 Å². The number of carbonyl (C=O) groups is 1. The van der Waals surface area contributed by atoms with Gasteiger partial charge in [-0.05, 0) is 11.1 Å². The van der Waals surface area contributed by atoms with Crippen molar-refractivity contribution in [1.29, 1.82) is 0 Å². The minimum atomic E-state index is -0.177. The summed E-state index contributed by atoms with van der Waals surface area (Å²) in [6.07, 6.45) is -0.177. The summed E-state index contributed by atoms with van der Waals surface area (Å²) in [6, 6.07) is 19.9. The van der Waals surface area contributed by atoms with E-state index in [1.165, 1.54) is 0 Å². The highest BCUT2D eigenvalue weighted by atomic mass is 32.1. The molecule has 1 aliphatic rings. The number of anilines is 1. The molecule has 108 valence electrons. The van der Waals surface area contributed by atoms with Crippen molar-refractivity contribution in [3.05, 3.63) is 77.2 Å². The summed E-state index contributed by atoms with van der Waals surface area (Å²) in [7, 11) is 0. The number of hydrogen-bond acceptors (Lipinski definition) is 3. The summed E-state index contributed by atoms with van der Waals surface area (Å²) in [5, 5.41) is 9.43. The van der Waals surface area contributed by atoms with Crippen LogP contribution in [-0.2, 0) is 0 Å². The Morgan fingerprint density at radius 3 is 2.27 bits per heavy atom. The van der Waals surface area contributed by atoms with Crippen LogP contribution in [0.25, 0.3) is 11.1 Å². The van der Waals surface area contributed by atoms with E-state index >= 15 is 0 Å². The third-order valence-corrected chi connectivity index (χ3v) is 4.70. The Balaban J connectivity index is 1.73. The number of amides is 1. The monoisotopic (exact) mass is 306 g/mol. The first-order valence-electron chi connectivity index (χ1n) is 7.12. The summed E-state index contributed by atoms with van der Waals surface area (Å²) < 4.78 is 0. The van der Waals surface area contributed by atoms with Gasteiger partial charge in [0.05, 0.1) is 5.56 Å². The molecular formula is C18H14N2OS. The fraction of sp³-hybridized carbons (Fsp3) is 0.0556. The molecule has 3 nitrogen and oxygen atoms in total. The molecule has 0 spiro atoms. The normalized spacial score (nSPS) is 16.5. The second-order valence-corrected chi connectivity index (χ2v) is 6.06. The molecule has 4 rings (SSSR count). The van der Waals surface area contributed by atoms with Crippen molar-refractivity contribution in [2.24, 2.45) is 0 Å². The second kappa shape index (κ2) is 5.31. The molecule has 1 unspecified atom stereocenters. The lowest BCUT2D eigenvalue weighted by Crippen LogP contribution is -2.37. The summed E-state index contributed by atoms with van der Waals surface area (Å²) in [4.78, 5) is 12.6. The van der Waals surface area contributed by atoms with Gasteiger partial charge in [0, 0.05) is 10.9 Å². The molecule has 1 aliphatic heterocycles. The van der Waals surface area contributed by atoms with Crippen LogP contribution in [0.15, 0.2) is 66.0 Å². The topological polar surface area (TPSA) is 41.1 Å². The van der Waals surface area contributed by atoms with Gasteiger partial charge < -0.3 is 10.6 Å². The summed E-state index contributed by atoms with van der Waals surface area (Å²) >= 11 is 1.58. The van der Waals surface area contributed by atoms with Crippen LogP contribution in [0.4, 0.5) is 5.00 Å². The van der Waals surface area contributed by atoms with E-state index in [1.54, 1.807) is 11.3 Å². The van der Waals surface area contributed by atoms with Crippen LogP contribution in [0.3, 0.4) is 0 Å². The molecule has 4 heteroatoms. The van der Waals surface area contributed by atoms with Gasteiger partial charge in [-0.1, -0.05) is 60.7 Å². The highest BCUT2D eigenvalue weighted by Gasteiger charge is 2.28. The highest BCUT2D eigenvalue weighted by molar-refractivity contribution is 7.15. The number of rotatable bonds is 2. The molecule has 0 saturated carbocycles. The SMILES string of the molecule is O=C1NC(c2ccccc2)Nc2scc(-c3ccccc3)c21. The number of carbonyl (C=O) groups excluding carboxylic acids is 1. The maximum atomic E-state index is 12.6. The zero-order valence-electron chi connectivity index (χ0n) is 11.7. The van der Waals surface area contributed by atoms with Crippen molar-refractivity contribution in [1.82, 2.24) is 5.32 Å². The van der Waals surface area contributed by atoms with E-state index in [0.717, 1.165) is 27.3 Å². The van der Waals surface area contributed by atoms with Gasteiger partial charge in [0.2, 0.25) is 0 Å². The van der Waals surface area contributed by atoms with Gasteiger partial charge in [0.25, 0.3) is 5.91 Å². The Morgan fingerprint density at radius 1 is 0.864 bits per heavy atom. The molecular weight excluding hydrogens is 292 g/mol. The van der Waals surface area contributed by atoms with Crippen LogP contribution in [0.5, 0.6) is 0 Å². The predicted octanol–water partition coefficient (Wildman–Crippen LogP) is 4.27. The number of thiophene rings is 1. The van der Waals surface area contributed by atoms with E-state index in [9.17, 15) is 4.79 Å². The molecule has 2 heterocycles. The molecule has 0 saturated heterocycles. The van der Waals surface area contributed by atoms with Crippen molar-refractivity contribution in [2.75, 3.05) is 5.32 Å². The number of benzene rings is 2. The zero-order chi connectivity index (χ0) is 14.9. The molecule has 1 aromatic heterocycles. The molecule has 0 aliphatic carbocycles. The molecule has 1 atom stereocenters. The molecule has 0 radical (unpaired) electrons. The fourth-order valence-electron chi connectivity index (χ4n) is 2.70. The van der Waals surface area contributed by atoms with E-state index in [-0.39, 0.29) is 12.1 Å². The average molecular weight is 306 g/mol.